The van der Waals surface area contributed by atoms with Crippen LogP contribution in [-0.4, -0.2) is 41.3 Å². The fourth-order valence-electron chi connectivity index (χ4n) is 3.23. The molecule has 1 aromatic heterocycles. The quantitative estimate of drug-likeness (QED) is 0.822. The predicted octanol–water partition coefficient (Wildman–Crippen LogP) is 2.87. The minimum atomic E-state index is -0.274. The van der Waals surface area contributed by atoms with Gasteiger partial charge in [0.15, 0.2) is 5.58 Å². The molecule has 0 radical (unpaired) electrons. The van der Waals surface area contributed by atoms with Gasteiger partial charge in [-0.3, -0.25) is 9.47 Å². The smallest absolute Gasteiger partial charge is 0.408 e. The molecule has 5 heteroatoms. The van der Waals surface area contributed by atoms with E-state index in [9.17, 15) is 4.79 Å². The van der Waals surface area contributed by atoms with Crippen LogP contribution in [0.3, 0.4) is 0 Å². The van der Waals surface area contributed by atoms with Crippen molar-refractivity contribution in [3.63, 3.8) is 0 Å². The maximum absolute atomic E-state index is 12.1. The molecule has 1 fully saturated rings. The first-order chi connectivity index (χ1) is 11.1. The van der Waals surface area contributed by atoms with E-state index in [-0.39, 0.29) is 5.76 Å². The van der Waals surface area contributed by atoms with E-state index in [1.54, 1.807) is 4.57 Å². The second-order valence-electron chi connectivity index (χ2n) is 6.56. The monoisotopic (exact) mass is 318 g/mol. The third-order valence-electron chi connectivity index (χ3n) is 4.63. The number of para-hydroxylation sites is 2. The van der Waals surface area contributed by atoms with Crippen LogP contribution in [0.4, 0.5) is 0 Å². The largest absolute Gasteiger partial charge is 0.419 e. The van der Waals surface area contributed by atoms with E-state index in [4.69, 9.17) is 9.15 Å². The van der Waals surface area contributed by atoms with Crippen LogP contribution in [0.1, 0.15) is 33.1 Å². The Kier molecular flexibility index (Phi) is 5.18. The highest BCUT2D eigenvalue weighted by atomic mass is 16.5. The van der Waals surface area contributed by atoms with Gasteiger partial charge in [0.2, 0.25) is 0 Å². The van der Waals surface area contributed by atoms with Crippen molar-refractivity contribution in [1.82, 2.24) is 9.47 Å². The van der Waals surface area contributed by atoms with E-state index in [0.717, 1.165) is 31.6 Å². The Bertz CT molecular complexity index is 683. The Hall–Kier alpha value is -1.59. The van der Waals surface area contributed by atoms with Gasteiger partial charge in [-0.2, -0.15) is 0 Å². The third kappa shape index (κ3) is 3.85. The van der Waals surface area contributed by atoms with Crippen LogP contribution in [0.15, 0.2) is 33.5 Å². The first-order valence-electron chi connectivity index (χ1n) is 8.59. The van der Waals surface area contributed by atoms with E-state index >= 15 is 0 Å². The molecule has 0 N–H and O–H groups in total. The van der Waals surface area contributed by atoms with Gasteiger partial charge < -0.3 is 9.15 Å². The van der Waals surface area contributed by atoms with Crippen LogP contribution < -0.4 is 5.76 Å². The zero-order valence-electron chi connectivity index (χ0n) is 14.0. The second-order valence-corrected chi connectivity index (χ2v) is 6.56. The van der Waals surface area contributed by atoms with Crippen molar-refractivity contribution >= 4 is 11.1 Å². The Labute approximate surface area is 136 Å². The summed E-state index contributed by atoms with van der Waals surface area (Å²) in [4.78, 5) is 14.5. The molecule has 2 aromatic rings. The van der Waals surface area contributed by atoms with Crippen molar-refractivity contribution in [3.8, 4) is 0 Å². The molecule has 0 unspecified atom stereocenters. The van der Waals surface area contributed by atoms with Crippen LogP contribution in [0, 0.1) is 0 Å². The molecule has 0 aliphatic carbocycles. The molecular weight excluding hydrogens is 292 g/mol. The summed E-state index contributed by atoms with van der Waals surface area (Å²) < 4.78 is 12.9. The first-order valence-corrected chi connectivity index (χ1v) is 8.59. The minimum Gasteiger partial charge on any atom is -0.408 e. The fourth-order valence-corrected chi connectivity index (χ4v) is 3.23. The van der Waals surface area contributed by atoms with Gasteiger partial charge in [0.05, 0.1) is 11.6 Å². The summed E-state index contributed by atoms with van der Waals surface area (Å²) >= 11 is 0. The van der Waals surface area contributed by atoms with Crippen molar-refractivity contribution in [2.24, 2.45) is 0 Å². The summed E-state index contributed by atoms with van der Waals surface area (Å²) in [5.41, 5.74) is 1.53. The lowest BCUT2D eigenvalue weighted by Crippen LogP contribution is -2.42. The molecular formula is C18H26N2O3. The number of nitrogens with zero attached hydrogens (tertiary/aromatic N) is 2. The lowest BCUT2D eigenvalue weighted by molar-refractivity contribution is -0.0117. The lowest BCUT2D eigenvalue weighted by atomic mass is 10.1. The zero-order valence-corrected chi connectivity index (χ0v) is 14.0. The molecule has 1 atom stereocenters. The molecule has 0 spiro atoms. The number of hydrogen-bond donors (Lipinski definition) is 0. The first kappa shape index (κ1) is 16.3. The number of rotatable bonds is 6. The summed E-state index contributed by atoms with van der Waals surface area (Å²) in [6, 6.07) is 8.02. The summed E-state index contributed by atoms with van der Waals surface area (Å²) in [6.07, 6.45) is 3.89. The predicted molar refractivity (Wildman–Crippen MR) is 90.8 cm³/mol. The van der Waals surface area contributed by atoms with Gasteiger partial charge in [0.25, 0.3) is 0 Å². The summed E-state index contributed by atoms with van der Waals surface area (Å²) in [5.74, 6) is -0.274. The van der Waals surface area contributed by atoms with E-state index in [1.165, 1.54) is 12.8 Å². The molecule has 1 aromatic carbocycles. The van der Waals surface area contributed by atoms with Crippen molar-refractivity contribution in [2.75, 3.05) is 19.7 Å². The van der Waals surface area contributed by atoms with Crippen LogP contribution in [-0.2, 0) is 11.3 Å². The summed E-state index contributed by atoms with van der Waals surface area (Å²) in [5, 5.41) is 0. The maximum atomic E-state index is 12.1. The molecule has 2 heterocycles. The number of oxazole rings is 1. The molecule has 1 saturated heterocycles. The average Bonchev–Trinajstić information content (AvgIpc) is 2.87. The van der Waals surface area contributed by atoms with Gasteiger partial charge in [0.1, 0.15) is 0 Å². The Balaban J connectivity index is 1.68. The Morgan fingerprint density at radius 2 is 2.13 bits per heavy atom. The number of fused-ring (bicyclic) bond motifs is 1. The standard InChI is InChI=1S/C18H26N2O3/c1-14(2)19(13-15-7-5-6-12-22-15)10-11-20-16-8-3-4-9-17(16)23-18(20)21/h3-4,8-9,14-15H,5-7,10-13H2,1-2H3/t15-/m1/s1. The van der Waals surface area contributed by atoms with Gasteiger partial charge in [-0.05, 0) is 45.2 Å². The molecule has 5 nitrogen and oxygen atoms in total. The van der Waals surface area contributed by atoms with Crippen LogP contribution in [0.5, 0.6) is 0 Å². The molecule has 0 amide bonds. The van der Waals surface area contributed by atoms with E-state index in [2.05, 4.69) is 18.7 Å². The van der Waals surface area contributed by atoms with Gasteiger partial charge in [-0.15, -0.1) is 0 Å². The maximum Gasteiger partial charge on any atom is 0.419 e. The number of ether oxygens (including phenoxy) is 1. The zero-order chi connectivity index (χ0) is 16.2. The van der Waals surface area contributed by atoms with Gasteiger partial charge in [-0.1, -0.05) is 12.1 Å². The topological polar surface area (TPSA) is 47.6 Å². The highest BCUT2D eigenvalue weighted by molar-refractivity contribution is 5.72. The van der Waals surface area contributed by atoms with Crippen molar-refractivity contribution in [1.29, 1.82) is 0 Å². The number of hydrogen-bond acceptors (Lipinski definition) is 4. The van der Waals surface area contributed by atoms with Crippen molar-refractivity contribution in [2.45, 2.75) is 51.8 Å². The molecule has 0 saturated carbocycles. The normalized spacial score (nSPS) is 19.0. The average molecular weight is 318 g/mol. The molecule has 1 aliphatic heterocycles. The van der Waals surface area contributed by atoms with E-state index in [0.29, 0.717) is 24.3 Å². The van der Waals surface area contributed by atoms with Crippen molar-refractivity contribution in [3.05, 3.63) is 34.8 Å². The highest BCUT2D eigenvalue weighted by Gasteiger charge is 2.20. The van der Waals surface area contributed by atoms with Crippen LogP contribution in [0.25, 0.3) is 11.1 Å². The Morgan fingerprint density at radius 1 is 1.30 bits per heavy atom. The lowest BCUT2D eigenvalue weighted by Gasteiger charge is -2.32. The van der Waals surface area contributed by atoms with E-state index < -0.39 is 0 Å². The van der Waals surface area contributed by atoms with Crippen LogP contribution >= 0.6 is 0 Å². The number of aromatic nitrogens is 1. The van der Waals surface area contributed by atoms with Gasteiger partial charge >= 0.3 is 5.76 Å². The number of benzene rings is 1. The molecule has 0 bridgehead atoms. The molecule has 1 aliphatic rings. The molecule has 3 rings (SSSR count). The molecule has 126 valence electrons. The minimum absolute atomic E-state index is 0.274. The van der Waals surface area contributed by atoms with E-state index in [1.807, 2.05) is 24.3 Å². The summed E-state index contributed by atoms with van der Waals surface area (Å²) in [7, 11) is 0. The van der Waals surface area contributed by atoms with Gasteiger partial charge in [0, 0.05) is 32.3 Å². The highest BCUT2D eigenvalue weighted by Crippen LogP contribution is 2.16. The second kappa shape index (κ2) is 7.32. The summed E-state index contributed by atoms with van der Waals surface area (Å²) in [6.45, 7) is 7.66. The van der Waals surface area contributed by atoms with Crippen LogP contribution in [0.2, 0.25) is 0 Å². The fraction of sp³-hybridized carbons (Fsp3) is 0.611. The molecule has 23 heavy (non-hydrogen) atoms. The third-order valence-corrected chi connectivity index (χ3v) is 4.63. The van der Waals surface area contributed by atoms with Crippen molar-refractivity contribution < 1.29 is 9.15 Å². The SMILES string of the molecule is CC(C)N(CCn1c(=O)oc2ccccc21)C[C@H]1CCCCO1. The van der Waals surface area contributed by atoms with Gasteiger partial charge in [-0.25, -0.2) is 4.79 Å². The Morgan fingerprint density at radius 3 is 2.87 bits per heavy atom.